The number of halogens is 1. The van der Waals surface area contributed by atoms with E-state index in [-0.39, 0.29) is 35.6 Å². The van der Waals surface area contributed by atoms with Gasteiger partial charge in [0.25, 0.3) is 0 Å². The summed E-state index contributed by atoms with van der Waals surface area (Å²) in [6.45, 7) is 4.87. The number of aromatic hydroxyl groups is 1. The average molecular weight is 625 g/mol. The van der Waals surface area contributed by atoms with Crippen LogP contribution < -0.4 is 10.2 Å². The number of aliphatic hydroxyl groups is 2. The predicted octanol–water partition coefficient (Wildman–Crippen LogP) is 6.48. The van der Waals surface area contributed by atoms with Crippen LogP contribution in [0.15, 0.2) is 102 Å². The first-order valence-corrected chi connectivity index (χ1v) is 15.8. The Morgan fingerprint density at radius 1 is 0.955 bits per heavy atom. The summed E-state index contributed by atoms with van der Waals surface area (Å²) < 4.78 is 31.2. The zero-order valence-corrected chi connectivity index (χ0v) is 25.7. The van der Waals surface area contributed by atoms with Gasteiger partial charge in [0, 0.05) is 42.9 Å². The molecular formula is C33H38FN2O7P. The number of benzene rings is 4. The van der Waals surface area contributed by atoms with Crippen molar-refractivity contribution < 1.29 is 33.9 Å². The maximum Gasteiger partial charge on any atom is 0.379 e. The lowest BCUT2D eigenvalue weighted by Crippen LogP contribution is -2.55. The molecule has 0 saturated carbocycles. The van der Waals surface area contributed by atoms with Crippen LogP contribution >= 0.6 is 7.52 Å². The molecule has 4 aromatic carbocycles. The molecule has 0 bridgehead atoms. The molecule has 4 atom stereocenters. The lowest BCUT2D eigenvalue weighted by Gasteiger charge is -2.49. The third-order valence-electron chi connectivity index (χ3n) is 7.13. The fraction of sp³-hybridized carbons (Fsp3) is 0.273. The Morgan fingerprint density at radius 3 is 2.16 bits per heavy atom. The molecule has 0 radical (unpaired) electrons. The van der Waals surface area contributed by atoms with Crippen LogP contribution in [0.5, 0.6) is 5.75 Å². The van der Waals surface area contributed by atoms with Crippen LogP contribution in [-0.2, 0) is 9.30 Å². The lowest BCUT2D eigenvalue weighted by molar-refractivity contribution is -0.0143. The first-order valence-electron chi connectivity index (χ1n) is 14.2. The van der Waals surface area contributed by atoms with E-state index in [0.717, 1.165) is 12.8 Å². The minimum Gasteiger partial charge on any atom is -0.508 e. The molecule has 1 aliphatic rings. The molecule has 1 saturated heterocycles. The molecule has 3 unspecified atom stereocenters. The smallest absolute Gasteiger partial charge is 0.379 e. The van der Waals surface area contributed by atoms with Gasteiger partial charge in [0.1, 0.15) is 11.6 Å². The normalized spacial score (nSPS) is 17.5. The van der Waals surface area contributed by atoms with E-state index < -0.39 is 13.6 Å². The number of aliphatic hydroxyl groups excluding tert-OH is 2. The van der Waals surface area contributed by atoms with E-state index in [0.29, 0.717) is 35.2 Å². The monoisotopic (exact) mass is 624 g/mol. The van der Waals surface area contributed by atoms with Crippen LogP contribution in [0.25, 0.3) is 11.1 Å². The van der Waals surface area contributed by atoms with Crippen LogP contribution in [0.4, 0.5) is 10.1 Å². The largest absolute Gasteiger partial charge is 0.508 e. The third kappa shape index (κ3) is 8.16. The second kappa shape index (κ2) is 16.2. The summed E-state index contributed by atoms with van der Waals surface area (Å²) in [5, 5.41) is 28.5. The summed E-state index contributed by atoms with van der Waals surface area (Å²) in [6.07, 6.45) is -0.696. The van der Waals surface area contributed by atoms with Crippen LogP contribution in [0, 0.1) is 10.7 Å². The van der Waals surface area contributed by atoms with Crippen molar-refractivity contribution in [1.29, 1.82) is 0 Å². The van der Waals surface area contributed by atoms with E-state index in [2.05, 4.69) is 9.85 Å². The molecule has 0 aromatic heterocycles. The molecule has 0 spiro atoms. The van der Waals surface area contributed by atoms with Crippen LogP contribution in [0.3, 0.4) is 0 Å². The fourth-order valence-corrected chi connectivity index (χ4v) is 5.55. The van der Waals surface area contributed by atoms with Crippen molar-refractivity contribution in [2.75, 3.05) is 25.2 Å². The van der Waals surface area contributed by atoms with Gasteiger partial charge in [0.2, 0.25) is 0 Å². The van der Waals surface area contributed by atoms with Crippen LogP contribution in [-0.4, -0.2) is 46.6 Å². The Kier molecular flexibility index (Phi) is 12.8. The highest BCUT2D eigenvalue weighted by molar-refractivity contribution is 7.64. The first kappa shape index (κ1) is 34.6. The standard InChI is InChI=1S/C30H28FN2O6P.C2H6.CH4O/c31-23-11-6-21(7-12-23)27(34)16-17-39-29-19-33(24-4-2-1-3-5-24)30(29)26-15-10-22(18-28(26)35)20-8-13-25(14-9-20)40(37,38)32-36;2*1-2/h1-15,18,27,29-30,34-35H,16-17,19H2,(H,37,38);1-2H3;2H,1H3/t27?,29-,30?;;/m0../s1. The number of phenols is 1. The van der Waals surface area contributed by atoms with Crippen LogP contribution in [0.1, 0.15) is 43.5 Å². The molecule has 0 amide bonds. The molecule has 1 heterocycles. The number of ether oxygens (including phenoxy) is 1. The molecular weight excluding hydrogens is 586 g/mol. The molecule has 1 fully saturated rings. The average Bonchev–Trinajstić information content (AvgIpc) is 3.06. The van der Waals surface area contributed by atoms with E-state index >= 15 is 0 Å². The molecule has 5 rings (SSSR count). The number of anilines is 1. The van der Waals surface area contributed by atoms with Gasteiger partial charge in [-0.3, -0.25) is 4.57 Å². The number of hydrogen-bond acceptors (Lipinski definition) is 7. The maximum absolute atomic E-state index is 13.2. The molecule has 0 aliphatic carbocycles. The number of phenolic OH excluding ortho intramolecular Hbond substituents is 1. The van der Waals surface area contributed by atoms with Gasteiger partial charge in [-0.05, 0) is 59.2 Å². The molecule has 11 heteroatoms. The number of rotatable bonds is 10. The molecule has 44 heavy (non-hydrogen) atoms. The van der Waals surface area contributed by atoms with Crippen molar-refractivity contribution in [2.24, 2.45) is 4.95 Å². The zero-order valence-electron chi connectivity index (χ0n) is 24.8. The van der Waals surface area contributed by atoms with Crippen molar-refractivity contribution in [2.45, 2.75) is 38.5 Å². The Hall–Kier alpha value is -3.92. The summed E-state index contributed by atoms with van der Waals surface area (Å²) in [6, 6.07) is 26.5. The highest BCUT2D eigenvalue weighted by Gasteiger charge is 2.42. The topological polar surface area (TPSA) is 140 Å². The summed E-state index contributed by atoms with van der Waals surface area (Å²) in [7, 11) is -3.27. The van der Waals surface area contributed by atoms with Crippen molar-refractivity contribution in [3.8, 4) is 16.9 Å². The van der Waals surface area contributed by atoms with Gasteiger partial charge in [-0.1, -0.05) is 68.4 Å². The second-order valence-corrected chi connectivity index (χ2v) is 11.4. The summed E-state index contributed by atoms with van der Waals surface area (Å²) in [4.78, 5) is 24.7. The highest BCUT2D eigenvalue weighted by atomic mass is 31.2. The quantitative estimate of drug-likeness (QED) is 0.116. The van der Waals surface area contributed by atoms with E-state index in [9.17, 15) is 29.0 Å². The minimum absolute atomic E-state index is 0.0644. The number of para-hydroxylation sites is 1. The van der Waals surface area contributed by atoms with Crippen molar-refractivity contribution in [3.05, 3.63) is 119 Å². The van der Waals surface area contributed by atoms with Gasteiger partial charge in [0.15, 0.2) is 0 Å². The predicted molar refractivity (Wildman–Crippen MR) is 171 cm³/mol. The molecule has 4 N–H and O–H groups in total. The van der Waals surface area contributed by atoms with Gasteiger partial charge < -0.3 is 29.8 Å². The summed E-state index contributed by atoms with van der Waals surface area (Å²) in [5.74, 6) is -0.297. The molecule has 4 aromatic rings. The lowest BCUT2D eigenvalue weighted by atomic mass is 9.88. The molecule has 9 nitrogen and oxygen atoms in total. The second-order valence-electron chi connectivity index (χ2n) is 9.64. The Morgan fingerprint density at radius 2 is 1.57 bits per heavy atom. The Balaban J connectivity index is 0.00000127. The van der Waals surface area contributed by atoms with Crippen LogP contribution in [0.2, 0.25) is 0 Å². The van der Waals surface area contributed by atoms with Gasteiger partial charge in [0.05, 0.1) is 23.6 Å². The van der Waals surface area contributed by atoms with Crippen molar-refractivity contribution in [3.63, 3.8) is 0 Å². The van der Waals surface area contributed by atoms with Gasteiger partial charge in [-0.15, -0.1) is 4.91 Å². The SMILES string of the molecule is CC.CO.O=NP(=O)(O)c1ccc(-c2ccc(C3[C@@H](OCCC(O)c4ccc(F)cc4)CN3c3ccccc3)c(O)c2)cc1. The fourth-order valence-electron chi connectivity index (χ4n) is 4.92. The maximum atomic E-state index is 13.2. The zero-order chi connectivity index (χ0) is 32.3. The molecule has 234 valence electrons. The number of nitrogens with zero attached hydrogens (tertiary/aromatic N) is 2. The highest BCUT2D eigenvalue weighted by Crippen LogP contribution is 2.44. The van der Waals surface area contributed by atoms with E-state index in [1.165, 1.54) is 24.3 Å². The Bertz CT molecular complexity index is 1520. The Labute approximate surface area is 256 Å². The summed E-state index contributed by atoms with van der Waals surface area (Å²) in [5.41, 5.74) is 3.64. The van der Waals surface area contributed by atoms with Crippen molar-refractivity contribution >= 4 is 18.5 Å². The van der Waals surface area contributed by atoms with Crippen molar-refractivity contribution in [1.82, 2.24) is 0 Å². The van der Waals surface area contributed by atoms with Gasteiger partial charge in [-0.2, -0.15) is 0 Å². The molecule has 1 aliphatic heterocycles. The minimum atomic E-state index is -4.27. The number of nitroso groups, excluding NO2 is 1. The number of hydrogen-bond donors (Lipinski definition) is 4. The van der Waals surface area contributed by atoms with Gasteiger partial charge >= 0.3 is 7.52 Å². The van der Waals surface area contributed by atoms with E-state index in [1.807, 2.05) is 56.3 Å². The van der Waals surface area contributed by atoms with E-state index in [1.54, 1.807) is 30.3 Å². The summed E-state index contributed by atoms with van der Waals surface area (Å²) >= 11 is 0. The van der Waals surface area contributed by atoms with E-state index in [4.69, 9.17) is 9.84 Å². The first-order chi connectivity index (χ1) is 21.3. The third-order valence-corrected chi connectivity index (χ3v) is 8.32. The van der Waals surface area contributed by atoms with Gasteiger partial charge in [-0.25, -0.2) is 4.39 Å².